The van der Waals surface area contributed by atoms with E-state index >= 15 is 0 Å². The van der Waals surface area contributed by atoms with E-state index in [-0.39, 0.29) is 23.7 Å². The van der Waals surface area contributed by atoms with Gasteiger partial charge in [0.25, 0.3) is 0 Å². The summed E-state index contributed by atoms with van der Waals surface area (Å²) in [4.78, 5) is 35.4. The minimum Gasteiger partial charge on any atom is -0.478 e. The Morgan fingerprint density at radius 3 is 2.50 bits per heavy atom. The maximum absolute atomic E-state index is 11.9. The minimum absolute atomic E-state index is 0.00717. The summed E-state index contributed by atoms with van der Waals surface area (Å²) in [6.07, 6.45) is 0. The molecule has 0 aliphatic carbocycles. The Kier molecular flexibility index (Phi) is 5.52. The number of carbonyl (C=O) groups is 3. The average Bonchev–Trinajstić information content (AvgIpc) is 2.39. The van der Waals surface area contributed by atoms with Crippen LogP contribution in [0.3, 0.4) is 0 Å². The molecule has 0 radical (unpaired) electrons. The van der Waals surface area contributed by atoms with Crippen molar-refractivity contribution < 1.29 is 19.5 Å². The summed E-state index contributed by atoms with van der Waals surface area (Å²) in [6.45, 7) is 2.16. The Hall–Kier alpha value is -2.57. The van der Waals surface area contributed by atoms with Crippen LogP contribution in [0.5, 0.6) is 0 Å². The summed E-state index contributed by atoms with van der Waals surface area (Å²) >= 11 is 0. The Morgan fingerprint density at radius 2 is 1.90 bits per heavy atom. The van der Waals surface area contributed by atoms with E-state index in [0.717, 1.165) is 0 Å². The summed E-state index contributed by atoms with van der Waals surface area (Å²) in [5, 5.41) is 14.0. The van der Waals surface area contributed by atoms with E-state index in [1.54, 1.807) is 19.1 Å². The first-order valence-corrected chi connectivity index (χ1v) is 6.06. The molecule has 0 heterocycles. The Bertz CT molecular complexity index is 516. The first kappa shape index (κ1) is 15.5. The van der Waals surface area contributed by atoms with Crippen LogP contribution in [0.4, 0.5) is 10.5 Å². The van der Waals surface area contributed by atoms with E-state index in [4.69, 9.17) is 5.11 Å². The number of amides is 3. The maximum Gasteiger partial charge on any atom is 0.337 e. The molecule has 0 aromatic heterocycles. The van der Waals surface area contributed by atoms with Gasteiger partial charge in [0.15, 0.2) is 0 Å². The Labute approximate surface area is 116 Å². The number of hydrogen-bond acceptors (Lipinski definition) is 3. The number of nitrogens with zero attached hydrogens (tertiary/aromatic N) is 1. The lowest BCUT2D eigenvalue weighted by atomic mass is 10.2. The zero-order valence-electron chi connectivity index (χ0n) is 11.3. The number of carboxylic acid groups (broad SMARTS) is 1. The lowest BCUT2D eigenvalue weighted by Gasteiger charge is -2.18. The summed E-state index contributed by atoms with van der Waals surface area (Å²) in [5.41, 5.74) is 0.181. The Balaban J connectivity index is 2.71. The van der Waals surface area contributed by atoms with Crippen molar-refractivity contribution in [1.82, 2.24) is 10.2 Å². The van der Waals surface area contributed by atoms with Gasteiger partial charge < -0.3 is 20.6 Å². The number of benzene rings is 1. The first-order valence-electron chi connectivity index (χ1n) is 6.06. The fourth-order valence-corrected chi connectivity index (χ4v) is 1.53. The second kappa shape index (κ2) is 7.13. The molecule has 0 aliphatic rings. The van der Waals surface area contributed by atoms with Gasteiger partial charge in [-0.15, -0.1) is 0 Å². The molecule has 1 aromatic rings. The number of urea groups is 1. The van der Waals surface area contributed by atoms with Crippen LogP contribution >= 0.6 is 0 Å². The van der Waals surface area contributed by atoms with Crippen LogP contribution in [0.1, 0.15) is 17.3 Å². The smallest absolute Gasteiger partial charge is 0.337 e. The summed E-state index contributed by atoms with van der Waals surface area (Å²) < 4.78 is 0. The number of para-hydroxylation sites is 1. The van der Waals surface area contributed by atoms with Crippen LogP contribution in [0.15, 0.2) is 24.3 Å². The van der Waals surface area contributed by atoms with Crippen molar-refractivity contribution in [2.45, 2.75) is 6.92 Å². The van der Waals surface area contributed by atoms with E-state index in [0.29, 0.717) is 6.54 Å². The number of aromatic carboxylic acids is 1. The molecule has 7 nitrogen and oxygen atoms in total. The molecule has 0 spiro atoms. The molecule has 0 atom stereocenters. The predicted molar refractivity (Wildman–Crippen MR) is 73.7 cm³/mol. The van der Waals surface area contributed by atoms with Gasteiger partial charge in [0.2, 0.25) is 5.91 Å². The number of carbonyl (C=O) groups excluding carboxylic acids is 2. The number of nitrogens with one attached hydrogen (secondary N) is 2. The van der Waals surface area contributed by atoms with Crippen molar-refractivity contribution in [3.8, 4) is 0 Å². The van der Waals surface area contributed by atoms with Gasteiger partial charge >= 0.3 is 12.0 Å². The molecule has 0 unspecified atom stereocenters. The predicted octanol–water partition coefficient (Wildman–Crippen LogP) is 0.985. The zero-order valence-corrected chi connectivity index (χ0v) is 11.3. The molecule has 1 rings (SSSR count). The van der Waals surface area contributed by atoms with Gasteiger partial charge in [0.05, 0.1) is 11.3 Å². The molecule has 0 saturated carbocycles. The van der Waals surface area contributed by atoms with Crippen molar-refractivity contribution in [3.05, 3.63) is 29.8 Å². The average molecular weight is 279 g/mol. The number of hydrogen-bond donors (Lipinski definition) is 3. The van der Waals surface area contributed by atoms with E-state index in [9.17, 15) is 14.4 Å². The van der Waals surface area contributed by atoms with Crippen LogP contribution < -0.4 is 10.6 Å². The lowest BCUT2D eigenvalue weighted by molar-refractivity contribution is -0.121. The van der Waals surface area contributed by atoms with Crippen molar-refractivity contribution in [2.24, 2.45) is 0 Å². The largest absolute Gasteiger partial charge is 0.478 e. The van der Waals surface area contributed by atoms with Gasteiger partial charge in [0, 0.05) is 13.6 Å². The van der Waals surface area contributed by atoms with Gasteiger partial charge in [0.1, 0.15) is 6.54 Å². The third-order valence-electron chi connectivity index (χ3n) is 2.50. The molecule has 7 heteroatoms. The van der Waals surface area contributed by atoms with Crippen molar-refractivity contribution in [2.75, 3.05) is 25.5 Å². The van der Waals surface area contributed by atoms with Crippen molar-refractivity contribution in [1.29, 1.82) is 0 Å². The zero-order chi connectivity index (χ0) is 15.1. The quantitative estimate of drug-likeness (QED) is 0.748. The molecule has 20 heavy (non-hydrogen) atoms. The van der Waals surface area contributed by atoms with E-state index in [2.05, 4.69) is 10.6 Å². The van der Waals surface area contributed by atoms with Crippen LogP contribution in [0.25, 0.3) is 0 Å². The van der Waals surface area contributed by atoms with Crippen molar-refractivity contribution in [3.63, 3.8) is 0 Å². The number of rotatable bonds is 5. The topological polar surface area (TPSA) is 98.7 Å². The highest BCUT2D eigenvalue weighted by Gasteiger charge is 2.15. The van der Waals surface area contributed by atoms with Gasteiger partial charge in [-0.3, -0.25) is 4.79 Å². The highest BCUT2D eigenvalue weighted by Crippen LogP contribution is 2.15. The van der Waals surface area contributed by atoms with Crippen LogP contribution in [0.2, 0.25) is 0 Å². The number of anilines is 1. The van der Waals surface area contributed by atoms with Crippen LogP contribution in [0, 0.1) is 0 Å². The summed E-state index contributed by atoms with van der Waals surface area (Å²) in [5.74, 6) is -1.41. The van der Waals surface area contributed by atoms with E-state index in [1.807, 2.05) is 0 Å². The molecule has 0 fully saturated rings. The molecule has 0 aliphatic heterocycles. The molecule has 0 bridgehead atoms. The summed E-state index contributed by atoms with van der Waals surface area (Å²) in [6, 6.07) is 5.51. The second-order valence-electron chi connectivity index (χ2n) is 4.09. The lowest BCUT2D eigenvalue weighted by Crippen LogP contribution is -2.40. The standard InChI is InChI=1S/C13H17N3O4/c1-3-14-11(17)8-16(2)13(20)15-10-7-5-4-6-9(10)12(18)19/h4-7H,3,8H2,1-2H3,(H,14,17)(H,15,20)(H,18,19). The van der Waals surface area contributed by atoms with Crippen LogP contribution in [-0.4, -0.2) is 48.1 Å². The second-order valence-corrected chi connectivity index (χ2v) is 4.09. The first-order chi connectivity index (χ1) is 9.45. The number of likely N-dealkylation sites (N-methyl/N-ethyl adjacent to an activating group) is 2. The highest BCUT2D eigenvalue weighted by atomic mass is 16.4. The van der Waals surface area contributed by atoms with Gasteiger partial charge in [-0.1, -0.05) is 12.1 Å². The monoisotopic (exact) mass is 279 g/mol. The molecular weight excluding hydrogens is 262 g/mol. The third kappa shape index (κ3) is 4.27. The van der Waals surface area contributed by atoms with Gasteiger partial charge in [-0.05, 0) is 19.1 Å². The fourth-order valence-electron chi connectivity index (χ4n) is 1.53. The minimum atomic E-state index is -1.13. The molecule has 3 N–H and O–H groups in total. The van der Waals surface area contributed by atoms with Crippen molar-refractivity contribution >= 4 is 23.6 Å². The highest BCUT2D eigenvalue weighted by molar-refractivity contribution is 6.00. The molecule has 3 amide bonds. The molecule has 0 saturated heterocycles. The van der Waals surface area contributed by atoms with Gasteiger partial charge in [-0.25, -0.2) is 9.59 Å². The normalized spacial score (nSPS) is 9.70. The third-order valence-corrected chi connectivity index (χ3v) is 2.50. The fraction of sp³-hybridized carbons (Fsp3) is 0.308. The van der Waals surface area contributed by atoms with E-state index in [1.165, 1.54) is 24.1 Å². The van der Waals surface area contributed by atoms with Crippen LogP contribution in [-0.2, 0) is 4.79 Å². The van der Waals surface area contributed by atoms with E-state index < -0.39 is 12.0 Å². The number of carboxylic acids is 1. The SMILES string of the molecule is CCNC(=O)CN(C)C(=O)Nc1ccccc1C(=O)O. The molecular formula is C13H17N3O4. The molecule has 108 valence electrons. The van der Waals surface area contributed by atoms with Gasteiger partial charge in [-0.2, -0.15) is 0 Å². The summed E-state index contributed by atoms with van der Waals surface area (Å²) in [7, 11) is 1.45. The Morgan fingerprint density at radius 1 is 1.25 bits per heavy atom. The maximum atomic E-state index is 11.9. The molecule has 1 aromatic carbocycles.